The first kappa shape index (κ1) is 36.6. The van der Waals surface area contributed by atoms with Crippen LogP contribution in [0.4, 0.5) is 87.8 Å². The van der Waals surface area contributed by atoms with Crippen LogP contribution < -0.4 is 5.32 Å². The summed E-state index contributed by atoms with van der Waals surface area (Å²) < 4.78 is 270. The molecule has 238 valence electrons. The summed E-state index contributed by atoms with van der Waals surface area (Å²) >= 11 is 3.33. The minimum Gasteiger partial charge on any atom is -0.347 e. The molecule has 0 saturated heterocycles. The number of hydrogen-bond donors (Lipinski definition) is 1. The largest absolute Gasteiger partial charge is 0.393 e. The van der Waals surface area contributed by atoms with Crippen LogP contribution in [0.1, 0.15) is 5.56 Å². The molecular weight excluding hydrogens is 662 g/mol. The van der Waals surface area contributed by atoms with Gasteiger partial charge in [-0.1, -0.05) is 30.3 Å². The fourth-order valence-corrected chi connectivity index (χ4v) is 2.71. The third kappa shape index (κ3) is 5.00. The third-order valence-electron chi connectivity index (χ3n) is 5.09. The van der Waals surface area contributed by atoms with E-state index in [0.717, 1.165) is 29.6 Å². The van der Waals surface area contributed by atoms with E-state index in [1.54, 1.807) is 0 Å². The summed E-state index contributed by atoms with van der Waals surface area (Å²) in [6.07, 6.45) is 0. The Morgan fingerprint density at radius 3 is 1.12 bits per heavy atom. The van der Waals surface area contributed by atoms with Gasteiger partial charge in [-0.05, 0) is 17.2 Å². The van der Waals surface area contributed by atoms with Gasteiger partial charge in [0.15, 0.2) is 0 Å². The SMILES string of the molecule is O=C(NCc1ccccc1)C(F)(F)C(F)(F)C(F)(F)C(F)(F)C(F)(F)C(F)(F)C(F)(F)C(F)(F)C(F)(F)C(F)(F)Cl. The van der Waals surface area contributed by atoms with E-state index < -0.39 is 71.1 Å². The van der Waals surface area contributed by atoms with Crippen LogP contribution in [0.15, 0.2) is 30.3 Å². The van der Waals surface area contributed by atoms with Crippen molar-refractivity contribution in [2.24, 2.45) is 0 Å². The van der Waals surface area contributed by atoms with Crippen LogP contribution in [-0.4, -0.2) is 64.6 Å². The Morgan fingerprint density at radius 1 is 0.512 bits per heavy atom. The molecule has 0 heterocycles. The van der Waals surface area contributed by atoms with Crippen LogP contribution >= 0.6 is 11.6 Å². The highest BCUT2D eigenvalue weighted by atomic mass is 35.5. The van der Waals surface area contributed by atoms with Gasteiger partial charge in [-0.3, -0.25) is 4.79 Å². The fraction of sp³-hybridized carbons (Fsp3) is 0.611. The first-order valence-corrected chi connectivity index (χ1v) is 9.92. The molecule has 0 unspecified atom stereocenters. The number of benzene rings is 1. The summed E-state index contributed by atoms with van der Waals surface area (Å²) in [6, 6.07) is 5.35. The molecule has 0 fully saturated rings. The first-order chi connectivity index (χ1) is 17.7. The van der Waals surface area contributed by atoms with E-state index >= 15 is 0 Å². The van der Waals surface area contributed by atoms with Crippen molar-refractivity contribution in [2.45, 2.75) is 65.2 Å². The van der Waals surface area contributed by atoms with Crippen molar-refractivity contribution in [1.29, 1.82) is 0 Å². The van der Waals surface area contributed by atoms with Gasteiger partial charge in [-0.25, -0.2) is 0 Å². The molecule has 1 aromatic rings. The number of amides is 1. The molecule has 0 aliphatic rings. The molecule has 0 radical (unpaired) electrons. The molecule has 23 heteroatoms. The van der Waals surface area contributed by atoms with Crippen molar-refractivity contribution in [3.05, 3.63) is 35.9 Å². The van der Waals surface area contributed by atoms with E-state index in [4.69, 9.17) is 0 Å². The van der Waals surface area contributed by atoms with Crippen molar-refractivity contribution >= 4 is 17.5 Å². The quantitative estimate of drug-likeness (QED) is 0.178. The Hall–Kier alpha value is -2.42. The zero-order chi connectivity index (χ0) is 33.1. The molecule has 0 saturated carbocycles. The van der Waals surface area contributed by atoms with Gasteiger partial charge in [0.2, 0.25) is 0 Å². The van der Waals surface area contributed by atoms with E-state index in [1.807, 2.05) is 0 Å². The average molecular weight is 670 g/mol. The molecular formula is C18H8ClF20NO. The second-order valence-electron chi connectivity index (χ2n) is 7.84. The van der Waals surface area contributed by atoms with E-state index in [9.17, 15) is 92.6 Å². The van der Waals surface area contributed by atoms with Crippen molar-refractivity contribution in [2.75, 3.05) is 0 Å². The lowest BCUT2D eigenvalue weighted by Crippen LogP contribution is -2.77. The Balaban J connectivity index is 3.63. The molecule has 0 spiro atoms. The predicted molar refractivity (Wildman–Crippen MR) is 93.6 cm³/mol. The number of halogens is 21. The molecule has 1 aromatic carbocycles. The zero-order valence-corrected chi connectivity index (χ0v) is 19.2. The number of nitrogens with one attached hydrogen (secondary N) is 1. The van der Waals surface area contributed by atoms with Gasteiger partial charge in [-0.15, -0.1) is 0 Å². The topological polar surface area (TPSA) is 29.1 Å². The van der Waals surface area contributed by atoms with E-state index in [0.29, 0.717) is 0 Å². The molecule has 0 aliphatic heterocycles. The average Bonchev–Trinajstić information content (AvgIpc) is 2.81. The zero-order valence-electron chi connectivity index (χ0n) is 18.4. The number of hydrogen-bond acceptors (Lipinski definition) is 1. The van der Waals surface area contributed by atoms with Gasteiger partial charge in [0.25, 0.3) is 5.91 Å². The molecule has 0 aliphatic carbocycles. The van der Waals surface area contributed by atoms with Crippen LogP contribution in [0.5, 0.6) is 0 Å². The van der Waals surface area contributed by atoms with Crippen LogP contribution in [0.3, 0.4) is 0 Å². The minimum absolute atomic E-state index is 0.286. The first-order valence-electron chi connectivity index (χ1n) is 9.54. The van der Waals surface area contributed by atoms with Crippen LogP contribution in [0.25, 0.3) is 0 Å². The lowest BCUT2D eigenvalue weighted by molar-refractivity contribution is -0.464. The fourth-order valence-electron chi connectivity index (χ4n) is 2.59. The minimum atomic E-state index is -9.17. The Morgan fingerprint density at radius 2 is 0.805 bits per heavy atom. The summed E-state index contributed by atoms with van der Waals surface area (Å²) in [5.74, 6) is -81.2. The second-order valence-corrected chi connectivity index (χ2v) is 8.31. The highest BCUT2D eigenvalue weighted by molar-refractivity contribution is 6.22. The summed E-state index contributed by atoms with van der Waals surface area (Å²) in [4.78, 5) is 11.4. The summed E-state index contributed by atoms with van der Waals surface area (Å²) in [5, 5.41) is -6.33. The normalized spacial score (nSPS) is 15.6. The molecule has 1 rings (SSSR count). The summed E-state index contributed by atoms with van der Waals surface area (Å²) in [6.45, 7) is -1.29. The van der Waals surface area contributed by atoms with Gasteiger partial charge in [0, 0.05) is 6.54 Å². The lowest BCUT2D eigenvalue weighted by atomic mass is 9.86. The standard InChI is InChI=1S/C18H8ClF20NO/c19-18(38,39)17(36,37)16(34,35)15(32,33)14(30,31)13(28,29)12(26,27)11(24,25)10(22,23)9(20,21)8(41)40-6-7-4-2-1-3-5-7/h1-5H,6H2,(H,40,41). The van der Waals surface area contributed by atoms with E-state index in [1.165, 1.54) is 6.07 Å². The molecule has 41 heavy (non-hydrogen) atoms. The number of rotatable bonds is 12. The molecule has 0 bridgehead atoms. The molecule has 1 N–H and O–H groups in total. The maximum Gasteiger partial charge on any atom is 0.393 e. The lowest BCUT2D eigenvalue weighted by Gasteiger charge is -2.44. The third-order valence-corrected chi connectivity index (χ3v) is 5.33. The molecule has 0 aromatic heterocycles. The van der Waals surface area contributed by atoms with Gasteiger partial charge in [0.05, 0.1) is 0 Å². The molecule has 0 atom stereocenters. The Bertz CT molecular complexity index is 1100. The summed E-state index contributed by atoms with van der Waals surface area (Å²) in [5.41, 5.74) is -0.286. The summed E-state index contributed by atoms with van der Waals surface area (Å²) in [7, 11) is 0. The van der Waals surface area contributed by atoms with Gasteiger partial charge in [-0.2, -0.15) is 87.8 Å². The Labute approximate surface area is 217 Å². The van der Waals surface area contributed by atoms with Crippen LogP contribution in [0, 0.1) is 0 Å². The van der Waals surface area contributed by atoms with Gasteiger partial charge in [0.1, 0.15) is 0 Å². The highest BCUT2D eigenvalue weighted by Crippen LogP contribution is 2.66. The van der Waals surface area contributed by atoms with Crippen molar-refractivity contribution in [1.82, 2.24) is 5.32 Å². The van der Waals surface area contributed by atoms with Crippen molar-refractivity contribution < 1.29 is 92.6 Å². The maximum absolute atomic E-state index is 13.9. The van der Waals surface area contributed by atoms with Crippen LogP contribution in [0.2, 0.25) is 0 Å². The monoisotopic (exact) mass is 669 g/mol. The smallest absolute Gasteiger partial charge is 0.347 e. The van der Waals surface area contributed by atoms with E-state index in [-0.39, 0.29) is 5.56 Å². The Kier molecular flexibility index (Phi) is 9.01. The van der Waals surface area contributed by atoms with Crippen LogP contribution in [-0.2, 0) is 11.3 Å². The van der Waals surface area contributed by atoms with Crippen molar-refractivity contribution in [3.8, 4) is 0 Å². The van der Waals surface area contributed by atoms with Crippen molar-refractivity contribution in [3.63, 3.8) is 0 Å². The molecule has 2 nitrogen and oxygen atoms in total. The predicted octanol–water partition coefficient (Wildman–Crippen LogP) is 7.85. The number of carbonyl (C=O) groups is 1. The number of alkyl halides is 21. The molecule has 1 amide bonds. The second kappa shape index (κ2) is 10.1. The van der Waals surface area contributed by atoms with E-state index in [2.05, 4.69) is 11.6 Å². The van der Waals surface area contributed by atoms with Gasteiger partial charge < -0.3 is 5.32 Å². The maximum atomic E-state index is 13.9. The number of carbonyl (C=O) groups excluding carboxylic acids is 1. The van der Waals surface area contributed by atoms with Gasteiger partial charge >= 0.3 is 58.7 Å². The highest BCUT2D eigenvalue weighted by Gasteiger charge is 2.98.